The van der Waals surface area contributed by atoms with Gasteiger partial charge in [-0.05, 0) is 22.8 Å². The van der Waals surface area contributed by atoms with Crippen LogP contribution < -0.4 is 5.73 Å². The molecule has 2 rings (SSSR count). The van der Waals surface area contributed by atoms with Gasteiger partial charge in [-0.2, -0.15) is 0 Å². The third kappa shape index (κ3) is 4.28. The molecule has 0 aliphatic carbocycles. The number of primary amides is 1. The summed E-state index contributed by atoms with van der Waals surface area (Å²) in [5, 5.41) is 0. The number of hydrogen-bond acceptors (Lipinski definition) is 1. The number of carbonyl (C=O) groups is 1. The average molecular weight is 249 g/mol. The molecule has 0 saturated carbocycles. The highest BCUT2D eigenvalue weighted by atomic mass is 16.1. The zero-order valence-corrected chi connectivity index (χ0v) is 10.5. The minimum absolute atomic E-state index is 0.437. The van der Waals surface area contributed by atoms with Crippen LogP contribution >= 0.6 is 0 Å². The van der Waals surface area contributed by atoms with E-state index in [0.717, 1.165) is 11.1 Å². The molecule has 94 valence electrons. The van der Waals surface area contributed by atoms with Gasteiger partial charge in [0, 0.05) is 6.08 Å². The Labute approximate surface area is 112 Å². The molecule has 0 saturated heterocycles. The molecule has 2 N–H and O–H groups in total. The zero-order valence-electron chi connectivity index (χ0n) is 10.5. The summed E-state index contributed by atoms with van der Waals surface area (Å²) in [5.74, 6) is -0.437. The Hall–Kier alpha value is -2.61. The van der Waals surface area contributed by atoms with Crippen molar-refractivity contribution in [1.82, 2.24) is 0 Å². The first-order chi connectivity index (χ1) is 9.24. The number of amides is 1. The lowest BCUT2D eigenvalue weighted by Gasteiger charge is -1.96. The van der Waals surface area contributed by atoms with E-state index in [9.17, 15) is 4.79 Å². The molecule has 1 amide bonds. The SMILES string of the molecule is NC(=O)/C=C/c1ccc(C=Cc2ccccc2)cc1. The summed E-state index contributed by atoms with van der Waals surface area (Å²) in [5.41, 5.74) is 8.28. The summed E-state index contributed by atoms with van der Waals surface area (Å²) in [7, 11) is 0. The number of nitrogens with two attached hydrogens (primary N) is 1. The van der Waals surface area contributed by atoms with Crippen LogP contribution in [-0.2, 0) is 4.79 Å². The van der Waals surface area contributed by atoms with Crippen molar-refractivity contribution in [2.75, 3.05) is 0 Å². The summed E-state index contributed by atoms with van der Waals surface area (Å²) in [6.45, 7) is 0. The van der Waals surface area contributed by atoms with Gasteiger partial charge >= 0.3 is 0 Å². The Morgan fingerprint density at radius 3 is 1.74 bits per heavy atom. The first-order valence-electron chi connectivity index (χ1n) is 6.05. The van der Waals surface area contributed by atoms with Crippen LogP contribution in [0.25, 0.3) is 18.2 Å². The molecule has 0 fully saturated rings. The van der Waals surface area contributed by atoms with Crippen LogP contribution in [0.5, 0.6) is 0 Å². The van der Waals surface area contributed by atoms with Gasteiger partial charge in [-0.1, -0.05) is 66.7 Å². The molecule has 2 heteroatoms. The van der Waals surface area contributed by atoms with E-state index in [4.69, 9.17) is 5.73 Å². The molecular formula is C17H15NO. The maximum atomic E-state index is 10.6. The average Bonchev–Trinajstić information content (AvgIpc) is 2.45. The van der Waals surface area contributed by atoms with Gasteiger partial charge in [-0.15, -0.1) is 0 Å². The Kier molecular flexibility index (Phi) is 4.29. The zero-order chi connectivity index (χ0) is 13.5. The van der Waals surface area contributed by atoms with E-state index < -0.39 is 5.91 Å². The summed E-state index contributed by atoms with van der Waals surface area (Å²) in [6.07, 6.45) is 7.17. The molecule has 0 aromatic heterocycles. The van der Waals surface area contributed by atoms with Crippen LogP contribution in [0, 0.1) is 0 Å². The molecule has 0 aliphatic rings. The van der Waals surface area contributed by atoms with Gasteiger partial charge in [0.2, 0.25) is 5.91 Å². The lowest BCUT2D eigenvalue weighted by Crippen LogP contribution is -2.04. The van der Waals surface area contributed by atoms with Gasteiger partial charge in [0.1, 0.15) is 0 Å². The first kappa shape index (κ1) is 12.8. The minimum Gasteiger partial charge on any atom is -0.366 e. The molecule has 0 atom stereocenters. The normalized spacial score (nSPS) is 11.2. The van der Waals surface area contributed by atoms with E-state index in [0.29, 0.717) is 0 Å². The summed E-state index contributed by atoms with van der Waals surface area (Å²) < 4.78 is 0. The molecule has 0 unspecified atom stereocenters. The fourth-order valence-electron chi connectivity index (χ4n) is 1.65. The predicted molar refractivity (Wildman–Crippen MR) is 80.0 cm³/mol. The lowest BCUT2D eigenvalue weighted by molar-refractivity contribution is -0.113. The topological polar surface area (TPSA) is 43.1 Å². The third-order valence-corrected chi connectivity index (χ3v) is 2.64. The second-order valence-corrected chi connectivity index (χ2v) is 4.15. The molecular weight excluding hydrogens is 234 g/mol. The molecule has 2 aromatic rings. The van der Waals surface area contributed by atoms with Crippen molar-refractivity contribution in [3.05, 3.63) is 77.4 Å². The largest absolute Gasteiger partial charge is 0.366 e. The van der Waals surface area contributed by atoms with E-state index >= 15 is 0 Å². The minimum atomic E-state index is -0.437. The monoisotopic (exact) mass is 249 g/mol. The van der Waals surface area contributed by atoms with Gasteiger partial charge in [0.25, 0.3) is 0 Å². The van der Waals surface area contributed by atoms with E-state index in [-0.39, 0.29) is 0 Å². The van der Waals surface area contributed by atoms with Crippen molar-refractivity contribution in [1.29, 1.82) is 0 Å². The van der Waals surface area contributed by atoms with Crippen molar-refractivity contribution >= 4 is 24.1 Å². The van der Waals surface area contributed by atoms with Crippen molar-refractivity contribution < 1.29 is 4.79 Å². The van der Waals surface area contributed by atoms with Crippen LogP contribution in [0.2, 0.25) is 0 Å². The molecule has 0 radical (unpaired) electrons. The number of carbonyl (C=O) groups excluding carboxylic acids is 1. The van der Waals surface area contributed by atoms with Crippen LogP contribution in [-0.4, -0.2) is 5.91 Å². The molecule has 0 spiro atoms. The van der Waals surface area contributed by atoms with E-state index in [1.165, 1.54) is 11.6 Å². The Morgan fingerprint density at radius 2 is 1.21 bits per heavy atom. The predicted octanol–water partition coefficient (Wildman–Crippen LogP) is 3.36. The highest BCUT2D eigenvalue weighted by Crippen LogP contribution is 2.10. The van der Waals surface area contributed by atoms with Gasteiger partial charge in [-0.25, -0.2) is 0 Å². The number of benzene rings is 2. The highest BCUT2D eigenvalue weighted by molar-refractivity contribution is 5.90. The molecule has 0 heterocycles. The highest BCUT2D eigenvalue weighted by Gasteiger charge is 1.90. The van der Waals surface area contributed by atoms with Gasteiger partial charge in [0.05, 0.1) is 0 Å². The second kappa shape index (κ2) is 6.36. The van der Waals surface area contributed by atoms with Gasteiger partial charge < -0.3 is 5.73 Å². The molecule has 2 aromatic carbocycles. The summed E-state index contributed by atoms with van der Waals surface area (Å²) in [6, 6.07) is 18.0. The van der Waals surface area contributed by atoms with Crippen LogP contribution in [0.1, 0.15) is 16.7 Å². The smallest absolute Gasteiger partial charge is 0.241 e. The number of hydrogen-bond donors (Lipinski definition) is 1. The van der Waals surface area contributed by atoms with Gasteiger partial charge in [-0.3, -0.25) is 4.79 Å². The molecule has 2 nitrogen and oxygen atoms in total. The second-order valence-electron chi connectivity index (χ2n) is 4.15. The standard InChI is InChI=1S/C17H15NO/c18-17(19)13-12-16-10-8-15(9-11-16)7-6-14-4-2-1-3-5-14/h1-13H,(H2,18,19)/b7-6?,13-12+. The van der Waals surface area contributed by atoms with Crippen LogP contribution in [0.3, 0.4) is 0 Å². The first-order valence-corrected chi connectivity index (χ1v) is 6.05. The van der Waals surface area contributed by atoms with E-state index in [1.54, 1.807) is 6.08 Å². The summed E-state index contributed by atoms with van der Waals surface area (Å²) >= 11 is 0. The summed E-state index contributed by atoms with van der Waals surface area (Å²) in [4.78, 5) is 10.6. The van der Waals surface area contributed by atoms with E-state index in [2.05, 4.69) is 24.3 Å². The van der Waals surface area contributed by atoms with Crippen LogP contribution in [0.15, 0.2) is 60.7 Å². The maximum Gasteiger partial charge on any atom is 0.241 e. The molecule has 0 bridgehead atoms. The fourth-order valence-corrected chi connectivity index (χ4v) is 1.65. The maximum absolute atomic E-state index is 10.6. The molecule has 0 aliphatic heterocycles. The fraction of sp³-hybridized carbons (Fsp3) is 0. The Morgan fingerprint density at radius 1 is 0.737 bits per heavy atom. The Bertz CT molecular complexity index is 595. The van der Waals surface area contributed by atoms with Crippen molar-refractivity contribution in [3.63, 3.8) is 0 Å². The van der Waals surface area contributed by atoms with Crippen molar-refractivity contribution in [3.8, 4) is 0 Å². The lowest BCUT2D eigenvalue weighted by atomic mass is 10.1. The van der Waals surface area contributed by atoms with Crippen molar-refractivity contribution in [2.45, 2.75) is 0 Å². The van der Waals surface area contributed by atoms with Gasteiger partial charge in [0.15, 0.2) is 0 Å². The van der Waals surface area contributed by atoms with Crippen LogP contribution in [0.4, 0.5) is 0 Å². The Balaban J connectivity index is 2.07. The molecule has 19 heavy (non-hydrogen) atoms. The number of rotatable bonds is 4. The van der Waals surface area contributed by atoms with Crippen molar-refractivity contribution in [2.24, 2.45) is 5.73 Å². The van der Waals surface area contributed by atoms with E-state index in [1.807, 2.05) is 42.5 Å². The third-order valence-electron chi connectivity index (χ3n) is 2.64. The quantitative estimate of drug-likeness (QED) is 0.655.